The smallest absolute Gasteiger partial charge is 0.165 e. The Bertz CT molecular complexity index is 435. The molecule has 1 fully saturated rings. The van der Waals surface area contributed by atoms with Crippen molar-refractivity contribution in [2.45, 2.75) is 59.3 Å². The van der Waals surface area contributed by atoms with E-state index in [0.717, 1.165) is 31.2 Å². The fourth-order valence-corrected chi connectivity index (χ4v) is 3.07. The number of carbonyl (C=O) groups excluding carboxylic acids is 1. The van der Waals surface area contributed by atoms with E-state index in [2.05, 4.69) is 32.9 Å². The molecular weight excluding hydrogens is 232 g/mol. The SMILES string of the molecule is CCCc1cccc(C(=O)C2CCC(C)(C)CC2)c1. The number of hydrogen-bond donors (Lipinski definition) is 0. The lowest BCUT2D eigenvalue weighted by Gasteiger charge is -2.33. The van der Waals surface area contributed by atoms with Gasteiger partial charge < -0.3 is 0 Å². The van der Waals surface area contributed by atoms with Gasteiger partial charge in [-0.15, -0.1) is 0 Å². The Morgan fingerprint density at radius 3 is 2.58 bits per heavy atom. The fourth-order valence-electron chi connectivity index (χ4n) is 3.07. The van der Waals surface area contributed by atoms with Crippen molar-refractivity contribution in [3.8, 4) is 0 Å². The van der Waals surface area contributed by atoms with Crippen LogP contribution in [0.25, 0.3) is 0 Å². The van der Waals surface area contributed by atoms with Gasteiger partial charge in [-0.25, -0.2) is 0 Å². The molecule has 1 aliphatic rings. The molecular formula is C18H26O. The molecule has 19 heavy (non-hydrogen) atoms. The van der Waals surface area contributed by atoms with Gasteiger partial charge in [0.2, 0.25) is 0 Å². The van der Waals surface area contributed by atoms with Gasteiger partial charge in [-0.1, -0.05) is 45.4 Å². The number of hydrogen-bond acceptors (Lipinski definition) is 1. The third-order valence-electron chi connectivity index (χ3n) is 4.46. The summed E-state index contributed by atoms with van der Waals surface area (Å²) < 4.78 is 0. The van der Waals surface area contributed by atoms with Crippen LogP contribution in [0.4, 0.5) is 0 Å². The summed E-state index contributed by atoms with van der Waals surface area (Å²) >= 11 is 0. The summed E-state index contributed by atoms with van der Waals surface area (Å²) in [4.78, 5) is 12.6. The maximum atomic E-state index is 12.6. The summed E-state index contributed by atoms with van der Waals surface area (Å²) in [5.41, 5.74) is 2.65. The van der Waals surface area contributed by atoms with E-state index in [1.807, 2.05) is 12.1 Å². The average molecular weight is 258 g/mol. The highest BCUT2D eigenvalue weighted by molar-refractivity contribution is 5.98. The molecule has 0 aliphatic heterocycles. The Kier molecular flexibility index (Phi) is 4.44. The molecule has 1 aliphatic carbocycles. The first kappa shape index (κ1) is 14.3. The van der Waals surface area contributed by atoms with Crippen LogP contribution in [0.2, 0.25) is 0 Å². The Morgan fingerprint density at radius 2 is 1.95 bits per heavy atom. The van der Waals surface area contributed by atoms with E-state index in [9.17, 15) is 4.79 Å². The minimum Gasteiger partial charge on any atom is -0.294 e. The van der Waals surface area contributed by atoms with Crippen LogP contribution in [0.5, 0.6) is 0 Å². The van der Waals surface area contributed by atoms with Crippen molar-refractivity contribution in [3.05, 3.63) is 35.4 Å². The largest absolute Gasteiger partial charge is 0.294 e. The zero-order valence-electron chi connectivity index (χ0n) is 12.5. The molecule has 2 rings (SSSR count). The Labute approximate surface area is 117 Å². The lowest BCUT2D eigenvalue weighted by atomic mass is 9.71. The summed E-state index contributed by atoms with van der Waals surface area (Å²) in [5, 5.41) is 0. The van der Waals surface area contributed by atoms with Gasteiger partial charge in [-0.3, -0.25) is 4.79 Å². The Hall–Kier alpha value is -1.11. The molecule has 0 radical (unpaired) electrons. The number of benzene rings is 1. The maximum Gasteiger partial charge on any atom is 0.165 e. The second kappa shape index (κ2) is 5.90. The fraction of sp³-hybridized carbons (Fsp3) is 0.611. The van der Waals surface area contributed by atoms with Gasteiger partial charge in [0.05, 0.1) is 0 Å². The minimum atomic E-state index is 0.255. The predicted molar refractivity (Wildman–Crippen MR) is 80.5 cm³/mol. The molecule has 104 valence electrons. The molecule has 1 nitrogen and oxygen atoms in total. The van der Waals surface area contributed by atoms with Crippen LogP contribution in [0.3, 0.4) is 0 Å². The van der Waals surface area contributed by atoms with E-state index in [1.165, 1.54) is 18.4 Å². The van der Waals surface area contributed by atoms with Gasteiger partial charge in [-0.05, 0) is 49.1 Å². The zero-order valence-corrected chi connectivity index (χ0v) is 12.5. The lowest BCUT2D eigenvalue weighted by Crippen LogP contribution is -2.26. The third-order valence-corrected chi connectivity index (χ3v) is 4.46. The molecule has 0 spiro atoms. The first-order valence-electron chi connectivity index (χ1n) is 7.65. The molecule has 1 saturated carbocycles. The van der Waals surface area contributed by atoms with Crippen LogP contribution < -0.4 is 0 Å². The van der Waals surface area contributed by atoms with Gasteiger partial charge in [0.25, 0.3) is 0 Å². The molecule has 0 N–H and O–H groups in total. The molecule has 0 heterocycles. The minimum absolute atomic E-state index is 0.255. The first-order chi connectivity index (χ1) is 9.02. The van der Waals surface area contributed by atoms with Crippen molar-refractivity contribution in [1.82, 2.24) is 0 Å². The monoisotopic (exact) mass is 258 g/mol. The topological polar surface area (TPSA) is 17.1 Å². The van der Waals surface area contributed by atoms with Gasteiger partial charge in [-0.2, -0.15) is 0 Å². The summed E-state index contributed by atoms with van der Waals surface area (Å²) in [6, 6.07) is 8.25. The quantitative estimate of drug-likeness (QED) is 0.692. The molecule has 0 bridgehead atoms. The highest BCUT2D eigenvalue weighted by Crippen LogP contribution is 2.39. The number of ketones is 1. The summed E-state index contributed by atoms with van der Waals surface area (Å²) in [6.45, 7) is 6.81. The highest BCUT2D eigenvalue weighted by atomic mass is 16.1. The zero-order chi connectivity index (χ0) is 13.9. The lowest BCUT2D eigenvalue weighted by molar-refractivity contribution is 0.0838. The number of carbonyl (C=O) groups is 1. The van der Waals surface area contributed by atoms with Crippen LogP contribution in [-0.2, 0) is 6.42 Å². The second-order valence-electron chi connectivity index (χ2n) is 6.75. The van der Waals surface area contributed by atoms with E-state index < -0.39 is 0 Å². The van der Waals surface area contributed by atoms with Crippen molar-refractivity contribution in [1.29, 1.82) is 0 Å². The summed E-state index contributed by atoms with van der Waals surface area (Å²) in [6.07, 6.45) is 6.68. The van der Waals surface area contributed by atoms with E-state index in [4.69, 9.17) is 0 Å². The molecule has 1 heteroatoms. The average Bonchev–Trinajstić information content (AvgIpc) is 2.39. The summed E-state index contributed by atoms with van der Waals surface area (Å²) in [5.74, 6) is 0.623. The first-order valence-corrected chi connectivity index (χ1v) is 7.65. The van der Waals surface area contributed by atoms with E-state index >= 15 is 0 Å². The van der Waals surface area contributed by atoms with Crippen LogP contribution in [0.1, 0.15) is 68.8 Å². The molecule has 0 unspecified atom stereocenters. The van der Waals surface area contributed by atoms with Crippen molar-refractivity contribution in [3.63, 3.8) is 0 Å². The Balaban J connectivity index is 2.05. The van der Waals surface area contributed by atoms with Crippen molar-refractivity contribution >= 4 is 5.78 Å². The van der Waals surface area contributed by atoms with Crippen LogP contribution in [0, 0.1) is 11.3 Å². The molecule has 0 amide bonds. The van der Waals surface area contributed by atoms with Crippen molar-refractivity contribution in [2.24, 2.45) is 11.3 Å². The van der Waals surface area contributed by atoms with E-state index in [0.29, 0.717) is 11.2 Å². The van der Waals surface area contributed by atoms with Gasteiger partial charge in [0, 0.05) is 11.5 Å². The van der Waals surface area contributed by atoms with Crippen LogP contribution in [-0.4, -0.2) is 5.78 Å². The summed E-state index contributed by atoms with van der Waals surface area (Å²) in [7, 11) is 0. The highest BCUT2D eigenvalue weighted by Gasteiger charge is 2.30. The standard InChI is InChI=1S/C18H26O/c1-4-6-14-7-5-8-16(13-14)17(19)15-9-11-18(2,3)12-10-15/h5,7-8,13,15H,4,6,9-12H2,1-3H3. The predicted octanol–water partition coefficient (Wildman–Crippen LogP) is 5.04. The van der Waals surface area contributed by atoms with Crippen molar-refractivity contribution in [2.75, 3.05) is 0 Å². The number of aryl methyl sites for hydroxylation is 1. The second-order valence-corrected chi connectivity index (χ2v) is 6.75. The van der Waals surface area contributed by atoms with Crippen molar-refractivity contribution < 1.29 is 4.79 Å². The van der Waals surface area contributed by atoms with Crippen LogP contribution >= 0.6 is 0 Å². The molecule has 0 aromatic heterocycles. The molecule has 0 saturated heterocycles. The van der Waals surface area contributed by atoms with Gasteiger partial charge in [0.1, 0.15) is 0 Å². The number of Topliss-reactive ketones (excluding diaryl/α,β-unsaturated/α-hetero) is 1. The van der Waals surface area contributed by atoms with Crippen LogP contribution in [0.15, 0.2) is 24.3 Å². The third kappa shape index (κ3) is 3.68. The molecule has 0 atom stereocenters. The normalized spacial score (nSPS) is 19.3. The van der Waals surface area contributed by atoms with E-state index in [-0.39, 0.29) is 5.92 Å². The molecule has 1 aromatic rings. The van der Waals surface area contributed by atoms with Gasteiger partial charge >= 0.3 is 0 Å². The maximum absolute atomic E-state index is 12.6. The molecule has 1 aromatic carbocycles. The van der Waals surface area contributed by atoms with E-state index in [1.54, 1.807) is 0 Å². The number of rotatable bonds is 4. The van der Waals surface area contributed by atoms with Gasteiger partial charge in [0.15, 0.2) is 5.78 Å². The Morgan fingerprint density at radius 1 is 1.26 bits per heavy atom.